The maximum atomic E-state index is 6.08. The standard InChI is InChI=1S/C21H22N2O2/c1-16(22)21(18-8-5-13-23-14-18)25-20-11-9-19(10-12-20)24-15-17-6-3-2-4-7-17/h2-14,16,21H,15,22H2,1H3. The van der Waals surface area contributed by atoms with Gasteiger partial charge in [-0.05, 0) is 42.8 Å². The van der Waals surface area contributed by atoms with Gasteiger partial charge in [0.15, 0.2) is 0 Å². The van der Waals surface area contributed by atoms with Crippen LogP contribution in [-0.2, 0) is 6.61 Å². The van der Waals surface area contributed by atoms with Crippen LogP contribution in [0.4, 0.5) is 0 Å². The van der Waals surface area contributed by atoms with E-state index in [0.717, 1.165) is 22.6 Å². The summed E-state index contributed by atoms with van der Waals surface area (Å²) in [5.74, 6) is 1.55. The number of benzene rings is 2. The minimum Gasteiger partial charge on any atom is -0.489 e. The lowest BCUT2D eigenvalue weighted by molar-refractivity contribution is 0.180. The second-order valence-corrected chi connectivity index (χ2v) is 5.93. The van der Waals surface area contributed by atoms with Gasteiger partial charge in [0, 0.05) is 24.0 Å². The topological polar surface area (TPSA) is 57.4 Å². The zero-order chi connectivity index (χ0) is 17.5. The number of hydrogen-bond acceptors (Lipinski definition) is 4. The van der Waals surface area contributed by atoms with E-state index in [1.807, 2.05) is 73.7 Å². The zero-order valence-electron chi connectivity index (χ0n) is 14.2. The van der Waals surface area contributed by atoms with Gasteiger partial charge in [0.2, 0.25) is 0 Å². The molecule has 25 heavy (non-hydrogen) atoms. The lowest BCUT2D eigenvalue weighted by Crippen LogP contribution is -2.29. The molecular formula is C21H22N2O2. The maximum absolute atomic E-state index is 6.08. The Hall–Kier alpha value is -2.85. The van der Waals surface area contributed by atoms with Crippen molar-refractivity contribution in [2.45, 2.75) is 25.7 Å². The van der Waals surface area contributed by atoms with Gasteiger partial charge in [0.1, 0.15) is 24.2 Å². The molecule has 3 rings (SSSR count). The van der Waals surface area contributed by atoms with Crippen LogP contribution in [0, 0.1) is 0 Å². The van der Waals surface area contributed by atoms with Crippen molar-refractivity contribution >= 4 is 0 Å². The normalized spacial score (nSPS) is 13.0. The number of ether oxygens (including phenoxy) is 2. The summed E-state index contributed by atoms with van der Waals surface area (Å²) in [5, 5.41) is 0. The summed E-state index contributed by atoms with van der Waals surface area (Å²) in [6, 6.07) is 21.4. The molecule has 0 bridgehead atoms. The molecule has 0 aliphatic carbocycles. The van der Waals surface area contributed by atoms with Gasteiger partial charge >= 0.3 is 0 Å². The number of nitrogens with zero attached hydrogens (tertiary/aromatic N) is 1. The summed E-state index contributed by atoms with van der Waals surface area (Å²) in [6.07, 6.45) is 3.27. The highest BCUT2D eigenvalue weighted by atomic mass is 16.5. The molecule has 2 atom stereocenters. The van der Waals surface area contributed by atoms with Crippen molar-refractivity contribution in [1.82, 2.24) is 4.98 Å². The smallest absolute Gasteiger partial charge is 0.140 e. The van der Waals surface area contributed by atoms with Crippen LogP contribution in [-0.4, -0.2) is 11.0 Å². The number of pyridine rings is 1. The maximum Gasteiger partial charge on any atom is 0.140 e. The van der Waals surface area contributed by atoms with Crippen LogP contribution in [0.15, 0.2) is 79.1 Å². The Kier molecular flexibility index (Phi) is 5.65. The zero-order valence-corrected chi connectivity index (χ0v) is 14.2. The fraction of sp³-hybridized carbons (Fsp3) is 0.190. The van der Waals surface area contributed by atoms with Gasteiger partial charge in [0.05, 0.1) is 0 Å². The summed E-state index contributed by atoms with van der Waals surface area (Å²) in [6.45, 7) is 2.47. The molecule has 0 saturated carbocycles. The molecule has 0 amide bonds. The molecule has 2 N–H and O–H groups in total. The van der Waals surface area contributed by atoms with E-state index in [4.69, 9.17) is 15.2 Å². The highest BCUT2D eigenvalue weighted by molar-refractivity contribution is 5.32. The minimum absolute atomic E-state index is 0.154. The fourth-order valence-electron chi connectivity index (χ4n) is 2.53. The van der Waals surface area contributed by atoms with Crippen molar-refractivity contribution in [3.05, 3.63) is 90.3 Å². The summed E-state index contributed by atoms with van der Waals surface area (Å²) in [7, 11) is 0. The van der Waals surface area contributed by atoms with Crippen LogP contribution in [0.25, 0.3) is 0 Å². The molecule has 1 aromatic heterocycles. The second-order valence-electron chi connectivity index (χ2n) is 5.93. The predicted octanol–water partition coefficient (Wildman–Crippen LogP) is 4.13. The third-order valence-electron chi connectivity index (χ3n) is 3.83. The molecule has 128 valence electrons. The highest BCUT2D eigenvalue weighted by Gasteiger charge is 2.18. The summed E-state index contributed by atoms with van der Waals surface area (Å²) >= 11 is 0. The monoisotopic (exact) mass is 334 g/mol. The van der Waals surface area contributed by atoms with E-state index in [9.17, 15) is 0 Å². The van der Waals surface area contributed by atoms with E-state index in [2.05, 4.69) is 4.98 Å². The van der Waals surface area contributed by atoms with Gasteiger partial charge < -0.3 is 15.2 Å². The molecule has 2 aromatic carbocycles. The van der Waals surface area contributed by atoms with Gasteiger partial charge in [-0.15, -0.1) is 0 Å². The molecule has 0 radical (unpaired) electrons. The Morgan fingerprint density at radius 3 is 2.28 bits per heavy atom. The van der Waals surface area contributed by atoms with Crippen LogP contribution in [0.2, 0.25) is 0 Å². The summed E-state index contributed by atoms with van der Waals surface area (Å²) < 4.78 is 11.9. The predicted molar refractivity (Wildman–Crippen MR) is 98.5 cm³/mol. The van der Waals surface area contributed by atoms with Crippen LogP contribution in [0.1, 0.15) is 24.2 Å². The summed E-state index contributed by atoms with van der Waals surface area (Å²) in [5.41, 5.74) is 8.18. The first kappa shape index (κ1) is 17.0. The molecule has 0 aliphatic rings. The first-order valence-corrected chi connectivity index (χ1v) is 8.31. The molecule has 0 fully saturated rings. The second kappa shape index (κ2) is 8.31. The third kappa shape index (κ3) is 4.81. The van der Waals surface area contributed by atoms with E-state index >= 15 is 0 Å². The molecular weight excluding hydrogens is 312 g/mol. The quantitative estimate of drug-likeness (QED) is 0.706. The Morgan fingerprint density at radius 2 is 1.64 bits per heavy atom. The van der Waals surface area contributed by atoms with Gasteiger partial charge in [-0.25, -0.2) is 0 Å². The SMILES string of the molecule is CC(N)C(Oc1ccc(OCc2ccccc2)cc1)c1cccnc1. The first-order valence-electron chi connectivity index (χ1n) is 8.31. The first-order chi connectivity index (χ1) is 12.2. The van der Waals surface area contributed by atoms with Crippen molar-refractivity contribution in [2.75, 3.05) is 0 Å². The Morgan fingerprint density at radius 1 is 0.920 bits per heavy atom. The van der Waals surface area contributed by atoms with E-state index < -0.39 is 0 Å². The van der Waals surface area contributed by atoms with Crippen molar-refractivity contribution in [2.24, 2.45) is 5.73 Å². The largest absolute Gasteiger partial charge is 0.489 e. The van der Waals surface area contributed by atoms with Crippen molar-refractivity contribution in [3.63, 3.8) is 0 Å². The molecule has 4 heteroatoms. The summed E-state index contributed by atoms with van der Waals surface area (Å²) in [4.78, 5) is 4.14. The van der Waals surface area contributed by atoms with Gasteiger partial charge in [-0.2, -0.15) is 0 Å². The molecule has 2 unspecified atom stereocenters. The Balaban J connectivity index is 1.63. The van der Waals surface area contributed by atoms with Crippen molar-refractivity contribution in [3.8, 4) is 11.5 Å². The Bertz CT molecular complexity index is 759. The number of aromatic nitrogens is 1. The van der Waals surface area contributed by atoms with Crippen LogP contribution < -0.4 is 15.2 Å². The molecule has 0 saturated heterocycles. The Labute approximate surface area is 148 Å². The van der Waals surface area contributed by atoms with Crippen molar-refractivity contribution < 1.29 is 9.47 Å². The fourth-order valence-corrected chi connectivity index (χ4v) is 2.53. The molecule has 0 spiro atoms. The lowest BCUT2D eigenvalue weighted by atomic mass is 10.1. The van der Waals surface area contributed by atoms with Gasteiger partial charge in [0.25, 0.3) is 0 Å². The highest BCUT2D eigenvalue weighted by Crippen LogP contribution is 2.25. The van der Waals surface area contributed by atoms with E-state index in [0.29, 0.717) is 6.61 Å². The number of nitrogens with two attached hydrogens (primary N) is 1. The third-order valence-corrected chi connectivity index (χ3v) is 3.83. The average Bonchev–Trinajstić information content (AvgIpc) is 2.66. The molecule has 0 aliphatic heterocycles. The van der Waals surface area contributed by atoms with Gasteiger partial charge in [-0.1, -0.05) is 36.4 Å². The van der Waals surface area contributed by atoms with Crippen LogP contribution in [0.3, 0.4) is 0 Å². The van der Waals surface area contributed by atoms with E-state index in [1.165, 1.54) is 0 Å². The average molecular weight is 334 g/mol. The molecule has 4 nitrogen and oxygen atoms in total. The van der Waals surface area contributed by atoms with Crippen molar-refractivity contribution in [1.29, 1.82) is 0 Å². The lowest BCUT2D eigenvalue weighted by Gasteiger charge is -2.22. The van der Waals surface area contributed by atoms with Crippen LogP contribution in [0.5, 0.6) is 11.5 Å². The van der Waals surface area contributed by atoms with E-state index in [1.54, 1.807) is 12.4 Å². The van der Waals surface area contributed by atoms with Gasteiger partial charge in [-0.3, -0.25) is 4.98 Å². The number of rotatable bonds is 7. The molecule has 3 aromatic rings. The van der Waals surface area contributed by atoms with E-state index in [-0.39, 0.29) is 12.1 Å². The molecule has 1 heterocycles. The van der Waals surface area contributed by atoms with Crippen LogP contribution >= 0.6 is 0 Å². The number of hydrogen-bond donors (Lipinski definition) is 1. The minimum atomic E-state index is -0.246.